The Kier molecular flexibility index (Phi) is 5.58. The molecule has 0 unspecified atom stereocenters. The van der Waals surface area contributed by atoms with Gasteiger partial charge in [-0.3, -0.25) is 4.79 Å². The number of aryl methyl sites for hydroxylation is 1. The van der Waals surface area contributed by atoms with Crippen molar-refractivity contribution in [3.8, 4) is 5.75 Å². The van der Waals surface area contributed by atoms with Crippen LogP contribution in [0.25, 0.3) is 0 Å². The standard InChI is InChI=1S/C13H17NO3S/c1-14(2)13(18)17-11-7-5-4-6-10(11)8-9-12(15)16-3/h4-7H,8-9H2,1-3H3. The van der Waals surface area contributed by atoms with Gasteiger partial charge >= 0.3 is 5.97 Å². The minimum atomic E-state index is -0.236. The van der Waals surface area contributed by atoms with Crippen molar-refractivity contribution in [2.75, 3.05) is 21.2 Å². The van der Waals surface area contributed by atoms with E-state index in [1.54, 1.807) is 4.90 Å². The summed E-state index contributed by atoms with van der Waals surface area (Å²) in [6.07, 6.45) is 0.893. The minimum absolute atomic E-state index is 0.236. The van der Waals surface area contributed by atoms with Crippen LogP contribution in [0, 0.1) is 0 Å². The zero-order valence-electron chi connectivity index (χ0n) is 10.8. The number of nitrogens with zero attached hydrogens (tertiary/aromatic N) is 1. The highest BCUT2D eigenvalue weighted by Crippen LogP contribution is 2.20. The summed E-state index contributed by atoms with van der Waals surface area (Å²) in [5.41, 5.74) is 0.937. The summed E-state index contributed by atoms with van der Waals surface area (Å²) < 4.78 is 10.2. The second kappa shape index (κ2) is 6.96. The molecule has 1 rings (SSSR count). The maximum atomic E-state index is 11.1. The van der Waals surface area contributed by atoms with Crippen LogP contribution >= 0.6 is 12.2 Å². The van der Waals surface area contributed by atoms with Crippen LogP contribution in [-0.2, 0) is 16.0 Å². The van der Waals surface area contributed by atoms with Crippen LogP contribution in [-0.4, -0.2) is 37.2 Å². The number of carbonyl (C=O) groups is 1. The molecule has 18 heavy (non-hydrogen) atoms. The first-order valence-corrected chi connectivity index (χ1v) is 5.99. The molecule has 4 nitrogen and oxygen atoms in total. The molecule has 0 aliphatic heterocycles. The van der Waals surface area contributed by atoms with Gasteiger partial charge in [0, 0.05) is 20.5 Å². The van der Waals surface area contributed by atoms with Crippen LogP contribution in [0.1, 0.15) is 12.0 Å². The summed E-state index contributed by atoms with van der Waals surface area (Å²) in [7, 11) is 5.02. The largest absolute Gasteiger partial charge is 0.469 e. The van der Waals surface area contributed by atoms with Crippen LogP contribution in [0.2, 0.25) is 0 Å². The summed E-state index contributed by atoms with van der Waals surface area (Å²) >= 11 is 5.09. The Morgan fingerprint density at radius 1 is 1.33 bits per heavy atom. The van der Waals surface area contributed by atoms with E-state index in [2.05, 4.69) is 4.74 Å². The summed E-state index contributed by atoms with van der Waals surface area (Å²) in [4.78, 5) is 12.8. The van der Waals surface area contributed by atoms with Crippen LogP contribution in [0.15, 0.2) is 24.3 Å². The molecule has 0 bridgehead atoms. The summed E-state index contributed by atoms with van der Waals surface area (Å²) in [5.74, 6) is 0.445. The van der Waals surface area contributed by atoms with Crippen molar-refractivity contribution in [2.45, 2.75) is 12.8 Å². The van der Waals surface area contributed by atoms with Crippen molar-refractivity contribution in [2.24, 2.45) is 0 Å². The van der Waals surface area contributed by atoms with Gasteiger partial charge in [-0.25, -0.2) is 0 Å². The first-order valence-electron chi connectivity index (χ1n) is 5.58. The number of methoxy groups -OCH3 is 1. The second-order valence-corrected chi connectivity index (χ2v) is 4.30. The van der Waals surface area contributed by atoms with Crippen molar-refractivity contribution in [3.05, 3.63) is 29.8 Å². The lowest BCUT2D eigenvalue weighted by Crippen LogP contribution is -2.25. The topological polar surface area (TPSA) is 38.8 Å². The molecule has 0 aliphatic rings. The van der Waals surface area contributed by atoms with Crippen molar-refractivity contribution in [1.29, 1.82) is 0 Å². The van der Waals surface area contributed by atoms with E-state index in [0.717, 1.165) is 5.56 Å². The van der Waals surface area contributed by atoms with Crippen LogP contribution in [0.3, 0.4) is 0 Å². The van der Waals surface area contributed by atoms with Crippen molar-refractivity contribution < 1.29 is 14.3 Å². The lowest BCUT2D eigenvalue weighted by Gasteiger charge is -2.16. The SMILES string of the molecule is COC(=O)CCc1ccccc1OC(=S)N(C)C. The number of carbonyl (C=O) groups excluding carboxylic acids is 1. The summed E-state index contributed by atoms with van der Waals surface area (Å²) in [6.45, 7) is 0. The Labute approximate surface area is 112 Å². The Bertz CT molecular complexity index is 432. The van der Waals surface area contributed by atoms with Crippen LogP contribution in [0.5, 0.6) is 5.75 Å². The van der Waals surface area contributed by atoms with E-state index in [9.17, 15) is 4.79 Å². The Morgan fingerprint density at radius 2 is 2.00 bits per heavy atom. The third-order valence-electron chi connectivity index (χ3n) is 2.36. The van der Waals surface area contributed by atoms with Gasteiger partial charge in [-0.15, -0.1) is 0 Å². The third kappa shape index (κ3) is 4.33. The lowest BCUT2D eigenvalue weighted by atomic mass is 10.1. The first kappa shape index (κ1) is 14.4. The van der Waals surface area contributed by atoms with Gasteiger partial charge in [0.25, 0.3) is 5.17 Å². The molecule has 0 amide bonds. The fourth-order valence-corrected chi connectivity index (χ4v) is 1.42. The highest BCUT2D eigenvalue weighted by atomic mass is 32.1. The number of hydrogen-bond donors (Lipinski definition) is 0. The molecule has 0 N–H and O–H groups in total. The van der Waals surface area contributed by atoms with E-state index >= 15 is 0 Å². The van der Waals surface area contributed by atoms with Gasteiger partial charge in [-0.2, -0.15) is 0 Å². The zero-order chi connectivity index (χ0) is 13.5. The molecule has 0 aliphatic carbocycles. The van der Waals surface area contributed by atoms with Gasteiger partial charge in [-0.05, 0) is 30.3 Å². The number of benzene rings is 1. The van der Waals surface area contributed by atoms with Crippen molar-refractivity contribution >= 4 is 23.4 Å². The quantitative estimate of drug-likeness (QED) is 0.616. The van der Waals surface area contributed by atoms with Gasteiger partial charge in [0.2, 0.25) is 0 Å². The lowest BCUT2D eigenvalue weighted by molar-refractivity contribution is -0.140. The number of thiocarbonyl (C=S) groups is 1. The predicted octanol–water partition coefficient (Wildman–Crippen LogP) is 2.02. The number of hydrogen-bond acceptors (Lipinski definition) is 4. The average molecular weight is 267 g/mol. The Morgan fingerprint density at radius 3 is 2.61 bits per heavy atom. The molecule has 0 saturated carbocycles. The zero-order valence-corrected chi connectivity index (χ0v) is 11.6. The molecule has 0 spiro atoms. The molecular weight excluding hydrogens is 250 g/mol. The molecule has 1 aromatic carbocycles. The van der Waals surface area contributed by atoms with E-state index in [1.807, 2.05) is 38.4 Å². The monoisotopic (exact) mass is 267 g/mol. The van der Waals surface area contributed by atoms with Gasteiger partial charge in [0.05, 0.1) is 7.11 Å². The first-order chi connectivity index (χ1) is 8.54. The maximum absolute atomic E-state index is 11.1. The van der Waals surface area contributed by atoms with Gasteiger partial charge in [0.15, 0.2) is 0 Å². The molecular formula is C13H17NO3S. The number of esters is 1. The number of rotatable bonds is 4. The molecule has 0 radical (unpaired) electrons. The molecule has 0 atom stereocenters. The summed E-state index contributed by atoms with van der Waals surface area (Å²) in [5, 5.41) is 0.389. The van der Waals surface area contributed by atoms with Crippen molar-refractivity contribution in [3.63, 3.8) is 0 Å². The highest BCUT2D eigenvalue weighted by molar-refractivity contribution is 7.80. The number of para-hydroxylation sites is 1. The van der Waals surface area contributed by atoms with E-state index in [4.69, 9.17) is 17.0 Å². The predicted molar refractivity (Wildman–Crippen MR) is 73.7 cm³/mol. The second-order valence-electron chi connectivity index (χ2n) is 3.95. The van der Waals surface area contributed by atoms with E-state index in [1.165, 1.54) is 7.11 Å². The van der Waals surface area contributed by atoms with E-state index in [-0.39, 0.29) is 5.97 Å². The molecule has 0 saturated heterocycles. The van der Waals surface area contributed by atoms with Crippen molar-refractivity contribution in [1.82, 2.24) is 4.90 Å². The normalized spacial score (nSPS) is 9.72. The van der Waals surface area contributed by atoms with Crippen LogP contribution in [0.4, 0.5) is 0 Å². The van der Waals surface area contributed by atoms with Crippen LogP contribution < -0.4 is 4.74 Å². The molecule has 0 aromatic heterocycles. The smallest absolute Gasteiger partial charge is 0.305 e. The molecule has 1 aromatic rings. The fourth-order valence-electron chi connectivity index (χ4n) is 1.33. The minimum Gasteiger partial charge on any atom is -0.469 e. The molecule has 98 valence electrons. The molecule has 0 heterocycles. The molecule has 5 heteroatoms. The van der Waals surface area contributed by atoms with Gasteiger partial charge in [0.1, 0.15) is 5.75 Å². The van der Waals surface area contributed by atoms with E-state index in [0.29, 0.717) is 23.8 Å². The third-order valence-corrected chi connectivity index (χ3v) is 2.81. The van der Waals surface area contributed by atoms with E-state index < -0.39 is 0 Å². The Hall–Kier alpha value is -1.62. The average Bonchev–Trinajstić information content (AvgIpc) is 2.37. The fraction of sp³-hybridized carbons (Fsp3) is 0.385. The number of ether oxygens (including phenoxy) is 2. The van der Waals surface area contributed by atoms with Gasteiger partial charge < -0.3 is 14.4 Å². The molecule has 0 fully saturated rings. The van der Waals surface area contributed by atoms with Gasteiger partial charge in [-0.1, -0.05) is 18.2 Å². The maximum Gasteiger partial charge on any atom is 0.305 e. The highest BCUT2D eigenvalue weighted by Gasteiger charge is 2.09. The Balaban J connectivity index is 2.73. The summed E-state index contributed by atoms with van der Waals surface area (Å²) in [6, 6.07) is 7.52.